The summed E-state index contributed by atoms with van der Waals surface area (Å²) in [6.45, 7) is -0.323. The summed E-state index contributed by atoms with van der Waals surface area (Å²) in [6, 6.07) is 6.95. The van der Waals surface area contributed by atoms with Gasteiger partial charge in [-0.3, -0.25) is 0 Å². The molecule has 128 valence electrons. The van der Waals surface area contributed by atoms with Gasteiger partial charge in [-0.05, 0) is 5.56 Å². The average molecular weight is 328 g/mol. The normalized spacial score (nSPS) is 40.7. The van der Waals surface area contributed by atoms with E-state index in [0.717, 1.165) is 0 Å². The van der Waals surface area contributed by atoms with E-state index in [9.17, 15) is 20.4 Å². The quantitative estimate of drug-likeness (QED) is 0.518. The molecule has 0 bridgehead atoms. The van der Waals surface area contributed by atoms with Crippen LogP contribution in [0.5, 0.6) is 0 Å². The molecule has 23 heavy (non-hydrogen) atoms. The summed E-state index contributed by atoms with van der Waals surface area (Å²) in [5.74, 6) is -1.12. The van der Waals surface area contributed by atoms with Crippen LogP contribution in [0.3, 0.4) is 0 Å². The molecule has 0 aromatic heterocycles. The maximum Gasteiger partial charge on any atom is 0.254 e. The van der Waals surface area contributed by atoms with Gasteiger partial charge in [0.15, 0.2) is 0 Å². The second kappa shape index (κ2) is 6.42. The van der Waals surface area contributed by atoms with Crippen molar-refractivity contribution in [2.45, 2.75) is 36.3 Å². The molecular weight excluding hydrogens is 308 g/mol. The van der Waals surface area contributed by atoms with Gasteiger partial charge < -0.3 is 29.9 Å². The highest BCUT2D eigenvalue weighted by atomic mass is 17.3. The van der Waals surface area contributed by atoms with E-state index in [-0.39, 0.29) is 6.61 Å². The minimum atomic E-state index is -1.45. The zero-order valence-corrected chi connectivity index (χ0v) is 12.5. The third kappa shape index (κ3) is 2.67. The summed E-state index contributed by atoms with van der Waals surface area (Å²) in [4.78, 5) is 9.88. The summed E-state index contributed by atoms with van der Waals surface area (Å²) < 4.78 is 11.0. The first-order chi connectivity index (χ1) is 11.0. The molecule has 4 N–H and O–H groups in total. The number of aliphatic hydroxyl groups is 4. The van der Waals surface area contributed by atoms with E-state index in [1.54, 1.807) is 24.3 Å². The molecule has 1 aromatic rings. The lowest BCUT2D eigenvalue weighted by Crippen LogP contribution is -2.56. The molecule has 8 heteroatoms. The minimum Gasteiger partial charge on any atom is -0.394 e. The Labute approximate surface area is 132 Å². The van der Waals surface area contributed by atoms with Crippen molar-refractivity contribution >= 4 is 0 Å². The van der Waals surface area contributed by atoms with Crippen LogP contribution in [0.2, 0.25) is 0 Å². The van der Waals surface area contributed by atoms with Crippen molar-refractivity contribution in [3.63, 3.8) is 0 Å². The van der Waals surface area contributed by atoms with Crippen LogP contribution >= 0.6 is 0 Å². The summed E-state index contributed by atoms with van der Waals surface area (Å²) in [5, 5.41) is 39.5. The lowest BCUT2D eigenvalue weighted by atomic mass is 9.87. The lowest BCUT2D eigenvalue weighted by Gasteiger charge is -2.43. The predicted molar refractivity (Wildman–Crippen MR) is 74.9 cm³/mol. The standard InChI is InChI=1S/C15H20O8/c1-20-15(7-21-23-15)9-5-3-2-4-8(9)14-13(19)12(18)11(17)10(6-16)22-14/h2-5,10-14,16-19H,6-7H2,1H3/t10-,11+,12+,13-,14?,15?/m1/s1. The number of rotatable bonds is 4. The van der Waals surface area contributed by atoms with Crippen molar-refractivity contribution in [3.05, 3.63) is 35.4 Å². The average Bonchev–Trinajstić information content (AvgIpc) is 2.53. The highest BCUT2D eigenvalue weighted by Gasteiger charge is 2.49. The van der Waals surface area contributed by atoms with E-state index in [2.05, 4.69) is 0 Å². The zero-order chi connectivity index (χ0) is 16.6. The summed E-state index contributed by atoms with van der Waals surface area (Å²) in [7, 11) is 1.46. The Hall–Kier alpha value is -1.10. The molecule has 6 atom stereocenters. The van der Waals surface area contributed by atoms with Crippen LogP contribution in [0, 0.1) is 0 Å². The maximum absolute atomic E-state index is 10.3. The monoisotopic (exact) mass is 328 g/mol. The second-order valence-corrected chi connectivity index (χ2v) is 5.64. The van der Waals surface area contributed by atoms with Crippen LogP contribution < -0.4 is 0 Å². The number of hydrogen-bond acceptors (Lipinski definition) is 8. The maximum atomic E-state index is 10.3. The first kappa shape index (κ1) is 16.7. The number of aliphatic hydroxyl groups excluding tert-OH is 4. The fourth-order valence-electron chi connectivity index (χ4n) is 2.94. The summed E-state index contributed by atoms with van der Waals surface area (Å²) >= 11 is 0. The van der Waals surface area contributed by atoms with Gasteiger partial charge in [-0.2, -0.15) is 4.89 Å². The van der Waals surface area contributed by atoms with Crippen LogP contribution in [-0.4, -0.2) is 65.2 Å². The third-order valence-corrected chi connectivity index (χ3v) is 4.34. The van der Waals surface area contributed by atoms with Crippen LogP contribution in [0.1, 0.15) is 17.2 Å². The van der Waals surface area contributed by atoms with E-state index >= 15 is 0 Å². The van der Waals surface area contributed by atoms with Gasteiger partial charge in [0.1, 0.15) is 37.1 Å². The largest absolute Gasteiger partial charge is 0.394 e. The summed E-state index contributed by atoms with van der Waals surface area (Å²) in [5.41, 5.74) is 1.10. The molecular formula is C15H20O8. The first-order valence-corrected chi connectivity index (χ1v) is 7.30. The van der Waals surface area contributed by atoms with Gasteiger partial charge in [0.05, 0.1) is 6.61 Å². The Kier molecular flexibility index (Phi) is 4.68. The topological polar surface area (TPSA) is 118 Å². The number of methoxy groups -OCH3 is 1. The molecule has 0 spiro atoms. The van der Waals surface area contributed by atoms with Crippen molar-refractivity contribution in [2.75, 3.05) is 20.3 Å². The SMILES string of the molecule is COC1(c2ccccc2C2O[C@H](CO)[C@H](O)[C@H](O)[C@H]2O)COO1. The third-order valence-electron chi connectivity index (χ3n) is 4.34. The van der Waals surface area contributed by atoms with Gasteiger partial charge >= 0.3 is 0 Å². The van der Waals surface area contributed by atoms with E-state index in [1.807, 2.05) is 0 Å². The Balaban J connectivity index is 1.98. The Morgan fingerprint density at radius 3 is 2.43 bits per heavy atom. The molecule has 2 saturated heterocycles. The van der Waals surface area contributed by atoms with Crippen LogP contribution in [0.15, 0.2) is 24.3 Å². The molecule has 1 aromatic carbocycles. The van der Waals surface area contributed by atoms with Gasteiger partial charge in [0.25, 0.3) is 5.79 Å². The van der Waals surface area contributed by atoms with Crippen LogP contribution in [0.25, 0.3) is 0 Å². The zero-order valence-electron chi connectivity index (χ0n) is 12.5. The molecule has 0 aliphatic carbocycles. The van der Waals surface area contributed by atoms with E-state index in [0.29, 0.717) is 11.1 Å². The van der Waals surface area contributed by atoms with Crippen molar-refractivity contribution in [1.29, 1.82) is 0 Å². The molecule has 0 amide bonds. The molecule has 2 aliphatic rings. The minimum absolute atomic E-state index is 0.165. The molecule has 0 saturated carbocycles. The second-order valence-electron chi connectivity index (χ2n) is 5.64. The lowest BCUT2D eigenvalue weighted by molar-refractivity contribution is -0.544. The Morgan fingerprint density at radius 2 is 1.87 bits per heavy atom. The van der Waals surface area contributed by atoms with Gasteiger partial charge in [0, 0.05) is 12.7 Å². The molecule has 8 nitrogen and oxygen atoms in total. The smallest absolute Gasteiger partial charge is 0.254 e. The number of benzene rings is 1. The highest BCUT2D eigenvalue weighted by Crippen LogP contribution is 2.42. The molecule has 2 unspecified atom stereocenters. The fourth-order valence-corrected chi connectivity index (χ4v) is 2.94. The summed E-state index contributed by atoms with van der Waals surface area (Å²) in [6.07, 6.45) is -6.17. The fraction of sp³-hybridized carbons (Fsp3) is 0.600. The van der Waals surface area contributed by atoms with E-state index in [1.165, 1.54) is 7.11 Å². The van der Waals surface area contributed by atoms with Crippen molar-refractivity contribution in [2.24, 2.45) is 0 Å². The molecule has 0 radical (unpaired) electrons. The highest BCUT2D eigenvalue weighted by molar-refractivity contribution is 5.35. The van der Waals surface area contributed by atoms with E-state index in [4.69, 9.17) is 19.2 Å². The number of hydrogen-bond donors (Lipinski definition) is 4. The van der Waals surface area contributed by atoms with Gasteiger partial charge in [0.2, 0.25) is 0 Å². The van der Waals surface area contributed by atoms with Gasteiger partial charge in [-0.1, -0.05) is 24.3 Å². The van der Waals surface area contributed by atoms with Crippen molar-refractivity contribution < 1.29 is 39.7 Å². The van der Waals surface area contributed by atoms with Crippen molar-refractivity contribution in [3.8, 4) is 0 Å². The van der Waals surface area contributed by atoms with Crippen molar-refractivity contribution in [1.82, 2.24) is 0 Å². The Bertz CT molecular complexity index is 539. The first-order valence-electron chi connectivity index (χ1n) is 7.30. The predicted octanol–water partition coefficient (Wildman–Crippen LogP) is -1.04. The molecule has 2 heterocycles. The molecule has 3 rings (SSSR count). The molecule has 2 aliphatic heterocycles. The van der Waals surface area contributed by atoms with Crippen LogP contribution in [0.4, 0.5) is 0 Å². The molecule has 2 fully saturated rings. The number of ether oxygens (including phenoxy) is 2. The Morgan fingerprint density at radius 1 is 1.17 bits per heavy atom. The van der Waals surface area contributed by atoms with Gasteiger partial charge in [-0.25, -0.2) is 4.89 Å². The van der Waals surface area contributed by atoms with Crippen LogP contribution in [-0.2, 0) is 25.0 Å². The van der Waals surface area contributed by atoms with Gasteiger partial charge in [-0.15, -0.1) is 0 Å². The van der Waals surface area contributed by atoms with E-state index < -0.39 is 42.9 Å².